The summed E-state index contributed by atoms with van der Waals surface area (Å²) in [4.78, 5) is 11.1. The van der Waals surface area contributed by atoms with Gasteiger partial charge in [0.2, 0.25) is 0 Å². The van der Waals surface area contributed by atoms with Crippen molar-refractivity contribution in [1.29, 1.82) is 0 Å². The zero-order valence-corrected chi connectivity index (χ0v) is 6.10. The molecule has 1 aliphatic rings. The third-order valence-corrected chi connectivity index (χ3v) is 1.86. The first kappa shape index (κ1) is 7.54. The zero-order chi connectivity index (χ0) is 7.40. The summed E-state index contributed by atoms with van der Waals surface area (Å²) in [5.74, 6) is 0.146. The second kappa shape index (κ2) is 3.56. The van der Waals surface area contributed by atoms with Crippen LogP contribution in [0.25, 0.3) is 0 Å². The first-order chi connectivity index (χ1) is 4.84. The van der Waals surface area contributed by atoms with Crippen molar-refractivity contribution in [2.24, 2.45) is 0 Å². The van der Waals surface area contributed by atoms with Gasteiger partial charge in [-0.05, 0) is 12.8 Å². The topological polar surface area (TPSA) is 45.7 Å². The Kier molecular flexibility index (Phi) is 2.68. The molecular weight excluding hydrogens is 128 g/mol. The minimum absolute atomic E-state index is 0.0579. The summed E-state index contributed by atoms with van der Waals surface area (Å²) in [6.07, 6.45) is 3.21. The maximum Gasteiger partial charge on any atom is 0.275 e. The van der Waals surface area contributed by atoms with Crippen molar-refractivity contribution in [3.05, 3.63) is 7.05 Å². The van der Waals surface area contributed by atoms with Gasteiger partial charge in [0.05, 0.1) is 0 Å². The lowest BCUT2D eigenvalue weighted by molar-refractivity contribution is -0.620. The Morgan fingerprint density at radius 1 is 1.60 bits per heavy atom. The van der Waals surface area contributed by atoms with Crippen LogP contribution in [-0.2, 0) is 4.79 Å². The van der Waals surface area contributed by atoms with Gasteiger partial charge in [-0.25, -0.2) is 0 Å². The van der Waals surface area contributed by atoms with Crippen molar-refractivity contribution < 1.29 is 10.1 Å². The Hall–Kier alpha value is -0.570. The molecule has 1 rings (SSSR count). The molecule has 0 aromatic heterocycles. The van der Waals surface area contributed by atoms with Crippen LogP contribution in [0.4, 0.5) is 0 Å². The van der Waals surface area contributed by atoms with Gasteiger partial charge < -0.3 is 10.6 Å². The fourth-order valence-electron chi connectivity index (χ4n) is 1.19. The minimum Gasteiger partial charge on any atom is -0.469 e. The lowest BCUT2D eigenvalue weighted by Gasteiger charge is -2.11. The van der Waals surface area contributed by atoms with Crippen LogP contribution in [0.15, 0.2) is 0 Å². The number of amides is 1. The minimum atomic E-state index is 0.0579. The molecule has 0 aromatic rings. The van der Waals surface area contributed by atoms with Crippen LogP contribution >= 0.6 is 0 Å². The summed E-state index contributed by atoms with van der Waals surface area (Å²) in [6.45, 7) is 0.836. The number of quaternary nitrogens is 1. The molecule has 0 bridgehead atoms. The maximum absolute atomic E-state index is 11.1. The summed E-state index contributed by atoms with van der Waals surface area (Å²) < 4.78 is 0. The normalized spacial score (nSPS) is 27.3. The van der Waals surface area contributed by atoms with E-state index in [1.807, 2.05) is 0 Å². The molecule has 3 N–H and O–H groups in total. The quantitative estimate of drug-likeness (QED) is 0.454. The van der Waals surface area contributed by atoms with Gasteiger partial charge in [0.1, 0.15) is 6.04 Å². The molecule has 58 valence electrons. The number of nitrogens with two attached hydrogens (primary N) is 1. The SMILES string of the molecule is [CH2-][NH2+][C@@H]1CCCCNC1=O. The largest absolute Gasteiger partial charge is 0.469 e. The van der Waals surface area contributed by atoms with Crippen molar-refractivity contribution in [2.75, 3.05) is 6.54 Å². The van der Waals surface area contributed by atoms with Crippen LogP contribution in [0.2, 0.25) is 0 Å². The van der Waals surface area contributed by atoms with E-state index in [0.29, 0.717) is 0 Å². The molecule has 1 amide bonds. The van der Waals surface area contributed by atoms with Gasteiger partial charge in [-0.15, -0.1) is 0 Å². The predicted molar refractivity (Wildman–Crippen MR) is 37.9 cm³/mol. The Labute approximate surface area is 61.2 Å². The highest BCUT2D eigenvalue weighted by molar-refractivity contribution is 5.80. The molecule has 0 unspecified atom stereocenters. The van der Waals surface area contributed by atoms with E-state index in [2.05, 4.69) is 12.4 Å². The average molecular weight is 142 g/mol. The van der Waals surface area contributed by atoms with Gasteiger partial charge in [0, 0.05) is 13.0 Å². The molecule has 1 saturated heterocycles. The summed E-state index contributed by atoms with van der Waals surface area (Å²) in [5.41, 5.74) is 0. The summed E-state index contributed by atoms with van der Waals surface area (Å²) >= 11 is 0. The Morgan fingerprint density at radius 2 is 2.40 bits per heavy atom. The van der Waals surface area contributed by atoms with Gasteiger partial charge in [-0.2, -0.15) is 7.05 Å². The van der Waals surface area contributed by atoms with E-state index in [1.165, 1.54) is 0 Å². The van der Waals surface area contributed by atoms with Crippen LogP contribution in [0.1, 0.15) is 19.3 Å². The molecule has 0 saturated carbocycles. The van der Waals surface area contributed by atoms with E-state index < -0.39 is 0 Å². The van der Waals surface area contributed by atoms with E-state index in [1.54, 1.807) is 5.32 Å². The molecule has 3 nitrogen and oxygen atoms in total. The number of nitrogens with one attached hydrogen (secondary N) is 1. The van der Waals surface area contributed by atoms with Crippen molar-refractivity contribution in [1.82, 2.24) is 5.32 Å². The first-order valence-electron chi connectivity index (χ1n) is 3.75. The molecule has 0 aliphatic carbocycles. The highest BCUT2D eigenvalue weighted by atomic mass is 16.2. The lowest BCUT2D eigenvalue weighted by atomic mass is 10.1. The van der Waals surface area contributed by atoms with Gasteiger partial charge in [0.15, 0.2) is 0 Å². The third kappa shape index (κ3) is 1.70. The van der Waals surface area contributed by atoms with Crippen LogP contribution in [0.5, 0.6) is 0 Å². The summed E-state index contributed by atoms with van der Waals surface area (Å²) in [7, 11) is 3.62. The van der Waals surface area contributed by atoms with Gasteiger partial charge in [-0.1, -0.05) is 0 Å². The molecule has 0 spiro atoms. The van der Waals surface area contributed by atoms with Crippen molar-refractivity contribution in [3.8, 4) is 0 Å². The first-order valence-corrected chi connectivity index (χ1v) is 3.75. The Balaban J connectivity index is 2.43. The van der Waals surface area contributed by atoms with Crippen LogP contribution in [-0.4, -0.2) is 18.5 Å². The lowest BCUT2D eigenvalue weighted by Crippen LogP contribution is -2.86. The molecule has 0 aromatic carbocycles. The Morgan fingerprint density at radius 3 is 3.10 bits per heavy atom. The molecule has 1 heterocycles. The number of hydrogen-bond donors (Lipinski definition) is 2. The van der Waals surface area contributed by atoms with E-state index in [9.17, 15) is 4.79 Å². The fraction of sp³-hybridized carbons (Fsp3) is 0.714. The molecule has 3 heteroatoms. The molecular formula is C7H14N2O. The number of carbonyl (C=O) groups is 1. The van der Waals surface area contributed by atoms with Crippen LogP contribution in [0, 0.1) is 7.05 Å². The number of hydrogen-bond acceptors (Lipinski definition) is 1. The summed E-state index contributed by atoms with van der Waals surface area (Å²) in [5, 5.41) is 4.57. The Bertz CT molecular complexity index is 125. The highest BCUT2D eigenvalue weighted by Gasteiger charge is 2.19. The van der Waals surface area contributed by atoms with Gasteiger partial charge in [-0.3, -0.25) is 4.79 Å². The second-order valence-corrected chi connectivity index (χ2v) is 2.63. The van der Waals surface area contributed by atoms with E-state index in [4.69, 9.17) is 0 Å². The fourth-order valence-corrected chi connectivity index (χ4v) is 1.19. The number of carbonyl (C=O) groups excluding carboxylic acids is 1. The van der Waals surface area contributed by atoms with E-state index >= 15 is 0 Å². The zero-order valence-electron chi connectivity index (χ0n) is 6.10. The smallest absolute Gasteiger partial charge is 0.275 e. The van der Waals surface area contributed by atoms with Gasteiger partial charge in [0.25, 0.3) is 5.91 Å². The number of rotatable bonds is 1. The maximum atomic E-state index is 11.1. The second-order valence-electron chi connectivity index (χ2n) is 2.63. The van der Waals surface area contributed by atoms with Gasteiger partial charge >= 0.3 is 0 Å². The van der Waals surface area contributed by atoms with Crippen molar-refractivity contribution >= 4 is 5.91 Å². The molecule has 1 fully saturated rings. The van der Waals surface area contributed by atoms with E-state index in [0.717, 1.165) is 25.8 Å². The van der Waals surface area contributed by atoms with Crippen molar-refractivity contribution in [2.45, 2.75) is 25.3 Å². The molecule has 1 aliphatic heterocycles. The van der Waals surface area contributed by atoms with Crippen LogP contribution < -0.4 is 10.6 Å². The molecule has 10 heavy (non-hydrogen) atoms. The van der Waals surface area contributed by atoms with E-state index in [-0.39, 0.29) is 11.9 Å². The predicted octanol–water partition coefficient (Wildman–Crippen LogP) is -0.990. The molecule has 1 atom stereocenters. The molecule has 0 radical (unpaired) electrons. The van der Waals surface area contributed by atoms with Crippen molar-refractivity contribution in [3.63, 3.8) is 0 Å². The summed E-state index contributed by atoms with van der Waals surface area (Å²) in [6, 6.07) is 0.0579. The third-order valence-electron chi connectivity index (χ3n) is 1.86. The standard InChI is InChI=1S/C7H14N2O/c1-8-6-4-2-3-5-9-7(6)10/h6H,1-5,8H2,(H,9,10)/t6-/m1/s1. The monoisotopic (exact) mass is 142 g/mol. The average Bonchev–Trinajstić information content (AvgIpc) is 2.13. The van der Waals surface area contributed by atoms with Crippen LogP contribution in [0.3, 0.4) is 0 Å². The highest BCUT2D eigenvalue weighted by Crippen LogP contribution is 2.01.